The summed E-state index contributed by atoms with van der Waals surface area (Å²) in [6.07, 6.45) is 5.35. The number of hydrogen-bond acceptors (Lipinski definition) is 1. The molecule has 0 saturated heterocycles. The maximum Gasteiger partial charge on any atom is 0.116 e. The van der Waals surface area contributed by atoms with Crippen LogP contribution in [0.15, 0.2) is 0 Å². The van der Waals surface area contributed by atoms with Crippen molar-refractivity contribution >= 4 is 0 Å². The molecule has 1 heterocycles. The van der Waals surface area contributed by atoms with Gasteiger partial charge in [0.2, 0.25) is 0 Å². The Morgan fingerprint density at radius 3 is 2.83 bits per heavy atom. The third-order valence-electron chi connectivity index (χ3n) is 0.523. The lowest BCUT2D eigenvalue weighted by molar-refractivity contribution is 1.08. The molecule has 0 aliphatic heterocycles. The fraction of sp³-hybridized carbons (Fsp3) is 0.250. The highest BCUT2D eigenvalue weighted by Crippen LogP contribution is 1.81. The third kappa shape index (κ3) is 0.407. The molecule has 0 fully saturated rings. The largest absolute Gasteiger partial charge is 0.275 e. The van der Waals surface area contributed by atoms with E-state index in [1.54, 1.807) is 0 Å². The topological polar surface area (TPSA) is 28.7 Å². The SMILES string of the molecule is Cc1[c]n[nH][c]1. The van der Waals surface area contributed by atoms with Crippen LogP contribution in [0.3, 0.4) is 0 Å². The lowest BCUT2D eigenvalue weighted by atomic mass is 10.4. The van der Waals surface area contributed by atoms with Crippen molar-refractivity contribution in [3.05, 3.63) is 18.0 Å². The van der Waals surface area contributed by atoms with Crippen molar-refractivity contribution in [1.82, 2.24) is 10.2 Å². The van der Waals surface area contributed by atoms with Crippen LogP contribution in [0.2, 0.25) is 0 Å². The van der Waals surface area contributed by atoms with Crippen molar-refractivity contribution in [2.45, 2.75) is 6.92 Å². The monoisotopic (exact) mass is 80.0 g/mol. The Balaban J connectivity index is 3.05. The minimum Gasteiger partial charge on any atom is -0.275 e. The van der Waals surface area contributed by atoms with Crippen molar-refractivity contribution in [2.24, 2.45) is 0 Å². The molecular weight excluding hydrogens is 76.1 g/mol. The van der Waals surface area contributed by atoms with E-state index in [-0.39, 0.29) is 0 Å². The van der Waals surface area contributed by atoms with Crippen molar-refractivity contribution in [2.75, 3.05) is 0 Å². The number of hydrogen-bond donors (Lipinski definition) is 1. The van der Waals surface area contributed by atoms with Crippen molar-refractivity contribution < 1.29 is 0 Å². The predicted molar refractivity (Wildman–Crippen MR) is 21.0 cm³/mol. The highest BCUT2D eigenvalue weighted by molar-refractivity contribution is 4.92. The maximum absolute atomic E-state index is 3.52. The zero-order chi connectivity index (χ0) is 4.41. The quantitative estimate of drug-likeness (QED) is 0.477. The third-order valence-corrected chi connectivity index (χ3v) is 0.523. The van der Waals surface area contributed by atoms with Gasteiger partial charge in [-0.1, -0.05) is 0 Å². The standard InChI is InChI=1S/C4H4N2/c1-4-2-5-6-3-4/h1H3,(H,5,6). The molecule has 0 aliphatic carbocycles. The number of nitrogens with zero attached hydrogens (tertiary/aromatic N) is 1. The van der Waals surface area contributed by atoms with E-state index in [4.69, 9.17) is 0 Å². The summed E-state index contributed by atoms with van der Waals surface area (Å²) in [5.74, 6) is 0. The molecule has 0 spiro atoms. The van der Waals surface area contributed by atoms with Crippen LogP contribution in [0.5, 0.6) is 0 Å². The summed E-state index contributed by atoms with van der Waals surface area (Å²) < 4.78 is 0. The van der Waals surface area contributed by atoms with Crippen LogP contribution in [0, 0.1) is 19.3 Å². The molecule has 0 amide bonds. The maximum atomic E-state index is 3.52. The average Bonchev–Trinajstić information content (AvgIpc) is 1.86. The summed E-state index contributed by atoms with van der Waals surface area (Å²) in [4.78, 5) is 0. The molecule has 0 saturated carbocycles. The van der Waals surface area contributed by atoms with Gasteiger partial charge in [-0.2, -0.15) is 5.10 Å². The Kier molecular flexibility index (Phi) is 0.638. The van der Waals surface area contributed by atoms with Crippen LogP contribution in [0.25, 0.3) is 0 Å². The van der Waals surface area contributed by atoms with Gasteiger partial charge in [0.15, 0.2) is 0 Å². The van der Waals surface area contributed by atoms with Gasteiger partial charge in [0.1, 0.15) is 6.20 Å². The zero-order valence-electron chi connectivity index (χ0n) is 3.45. The van der Waals surface area contributed by atoms with Gasteiger partial charge in [0.05, 0.1) is 6.20 Å². The number of aromatic nitrogens is 2. The molecule has 6 heavy (non-hydrogen) atoms. The Labute approximate surface area is 36.2 Å². The number of aromatic amines is 1. The van der Waals surface area contributed by atoms with Crippen LogP contribution in [-0.2, 0) is 0 Å². The molecule has 0 unspecified atom stereocenters. The molecule has 30 valence electrons. The average molecular weight is 80.1 g/mol. The van der Waals surface area contributed by atoms with Gasteiger partial charge in [0, 0.05) is 5.56 Å². The zero-order valence-corrected chi connectivity index (χ0v) is 3.45. The molecule has 0 aliphatic rings. The molecular formula is C4H4N2. The summed E-state index contributed by atoms with van der Waals surface area (Å²) in [6.45, 7) is 1.88. The molecule has 0 atom stereocenters. The first-order chi connectivity index (χ1) is 2.89. The van der Waals surface area contributed by atoms with Crippen molar-refractivity contribution in [3.63, 3.8) is 0 Å². The van der Waals surface area contributed by atoms with Gasteiger partial charge in [0.25, 0.3) is 0 Å². The Morgan fingerprint density at radius 1 is 1.83 bits per heavy atom. The molecule has 1 aromatic rings. The first kappa shape index (κ1) is 3.40. The molecule has 1 N–H and O–H groups in total. The van der Waals surface area contributed by atoms with Gasteiger partial charge in [-0.05, 0) is 6.92 Å². The lowest BCUT2D eigenvalue weighted by Gasteiger charge is -1.59. The number of rotatable bonds is 0. The van der Waals surface area contributed by atoms with Crippen molar-refractivity contribution in [3.8, 4) is 0 Å². The van der Waals surface area contributed by atoms with Gasteiger partial charge in [-0.3, -0.25) is 5.10 Å². The molecule has 0 aromatic carbocycles. The number of aryl methyl sites for hydroxylation is 1. The van der Waals surface area contributed by atoms with E-state index in [9.17, 15) is 0 Å². The van der Waals surface area contributed by atoms with E-state index in [2.05, 4.69) is 22.6 Å². The van der Waals surface area contributed by atoms with E-state index in [0.29, 0.717) is 0 Å². The summed E-state index contributed by atoms with van der Waals surface area (Å²) in [7, 11) is 0. The van der Waals surface area contributed by atoms with Crippen LogP contribution < -0.4 is 0 Å². The molecule has 1 aromatic heterocycles. The van der Waals surface area contributed by atoms with Gasteiger partial charge >= 0.3 is 0 Å². The summed E-state index contributed by atoms with van der Waals surface area (Å²) in [5, 5.41) is 6.02. The predicted octanol–water partition coefficient (Wildman–Crippen LogP) is 0.318. The minimum atomic E-state index is 0.926. The van der Waals surface area contributed by atoms with Crippen molar-refractivity contribution in [1.29, 1.82) is 0 Å². The van der Waals surface area contributed by atoms with Gasteiger partial charge in [-0.25, -0.2) is 0 Å². The number of nitrogens with one attached hydrogen (secondary N) is 1. The number of H-pyrrole nitrogens is 1. The van der Waals surface area contributed by atoms with E-state index in [1.165, 1.54) is 0 Å². The van der Waals surface area contributed by atoms with Crippen LogP contribution in [0.4, 0.5) is 0 Å². The Morgan fingerprint density at radius 2 is 2.67 bits per heavy atom. The fourth-order valence-corrected chi connectivity index (χ4v) is 0.252. The lowest BCUT2D eigenvalue weighted by Crippen LogP contribution is -1.55. The molecule has 2 heteroatoms. The van der Waals surface area contributed by atoms with Gasteiger partial charge in [-0.15, -0.1) is 0 Å². The fourth-order valence-electron chi connectivity index (χ4n) is 0.252. The van der Waals surface area contributed by atoms with Crippen LogP contribution >= 0.6 is 0 Å². The molecule has 0 bridgehead atoms. The van der Waals surface area contributed by atoms with E-state index in [0.717, 1.165) is 5.56 Å². The minimum absolute atomic E-state index is 0.926. The first-order valence-electron chi connectivity index (χ1n) is 1.70. The second-order valence-electron chi connectivity index (χ2n) is 1.09. The summed E-state index contributed by atoms with van der Waals surface area (Å²) >= 11 is 0. The summed E-state index contributed by atoms with van der Waals surface area (Å²) in [5.41, 5.74) is 0.926. The van der Waals surface area contributed by atoms with E-state index in [1.807, 2.05) is 6.92 Å². The normalized spacial score (nSPS) is 8.83. The summed E-state index contributed by atoms with van der Waals surface area (Å²) in [6, 6.07) is 0. The van der Waals surface area contributed by atoms with E-state index >= 15 is 0 Å². The Hall–Kier alpha value is -0.790. The second kappa shape index (κ2) is 1.12. The molecule has 2 radical (unpaired) electrons. The van der Waals surface area contributed by atoms with Crippen LogP contribution in [-0.4, -0.2) is 10.2 Å². The Bertz CT molecular complexity index is 109. The first-order valence-corrected chi connectivity index (χ1v) is 1.70. The molecule has 2 nitrogen and oxygen atoms in total. The smallest absolute Gasteiger partial charge is 0.116 e. The van der Waals surface area contributed by atoms with Gasteiger partial charge < -0.3 is 0 Å². The highest BCUT2D eigenvalue weighted by Gasteiger charge is 1.77. The van der Waals surface area contributed by atoms with Crippen LogP contribution in [0.1, 0.15) is 5.56 Å². The highest BCUT2D eigenvalue weighted by atomic mass is 15.1. The molecule has 1 rings (SSSR count). The second-order valence-corrected chi connectivity index (χ2v) is 1.09. The van der Waals surface area contributed by atoms with E-state index < -0.39 is 0 Å².